The molecule has 0 aromatic carbocycles. The van der Waals surface area contributed by atoms with E-state index in [0.29, 0.717) is 12.3 Å². The fourth-order valence-electron chi connectivity index (χ4n) is 2.97. The number of urea groups is 1. The van der Waals surface area contributed by atoms with Gasteiger partial charge in [0.15, 0.2) is 0 Å². The van der Waals surface area contributed by atoms with Gasteiger partial charge in [-0.05, 0) is 37.5 Å². The number of hydrogen-bond acceptors (Lipinski definition) is 2. The van der Waals surface area contributed by atoms with Crippen LogP contribution in [0.4, 0.5) is 4.79 Å². The van der Waals surface area contributed by atoms with Crippen molar-refractivity contribution in [3.05, 3.63) is 0 Å². The summed E-state index contributed by atoms with van der Waals surface area (Å²) in [7, 11) is 0. The molecule has 5 nitrogen and oxygen atoms in total. The Labute approximate surface area is 114 Å². The van der Waals surface area contributed by atoms with Crippen molar-refractivity contribution in [2.24, 2.45) is 11.8 Å². The third kappa shape index (κ3) is 3.85. The fraction of sp³-hybridized carbons (Fsp3) is 0.857. The van der Waals surface area contributed by atoms with Crippen molar-refractivity contribution in [1.82, 2.24) is 9.80 Å². The maximum Gasteiger partial charge on any atom is 0.320 e. The molecule has 0 aromatic rings. The molecule has 1 atom stereocenters. The third-order valence-corrected chi connectivity index (χ3v) is 4.38. The van der Waals surface area contributed by atoms with Gasteiger partial charge in [-0.2, -0.15) is 0 Å². The molecule has 2 amide bonds. The molecule has 108 valence electrons. The van der Waals surface area contributed by atoms with Gasteiger partial charge in [-0.3, -0.25) is 4.79 Å². The van der Waals surface area contributed by atoms with Gasteiger partial charge in [-0.25, -0.2) is 4.79 Å². The molecule has 2 saturated heterocycles. The Morgan fingerprint density at radius 2 is 1.74 bits per heavy atom. The highest BCUT2D eigenvalue weighted by Crippen LogP contribution is 2.24. The number of carbonyl (C=O) groups excluding carboxylic acids is 1. The minimum atomic E-state index is -0.741. The molecular weight excluding hydrogens is 244 g/mol. The average Bonchev–Trinajstić information content (AvgIpc) is 2.85. The molecule has 0 bridgehead atoms. The normalized spacial score (nSPS) is 24.8. The van der Waals surface area contributed by atoms with Crippen LogP contribution in [0.1, 0.15) is 39.0 Å². The lowest BCUT2D eigenvalue weighted by atomic mass is 9.99. The first-order chi connectivity index (χ1) is 9.06. The highest BCUT2D eigenvalue weighted by molar-refractivity contribution is 5.75. The van der Waals surface area contributed by atoms with Gasteiger partial charge in [0.05, 0.1) is 0 Å². The predicted molar refractivity (Wildman–Crippen MR) is 71.9 cm³/mol. The van der Waals surface area contributed by atoms with Crippen molar-refractivity contribution in [1.29, 1.82) is 0 Å². The van der Waals surface area contributed by atoms with E-state index in [-0.39, 0.29) is 12.5 Å². The molecule has 2 heterocycles. The molecule has 5 heteroatoms. The average molecular weight is 268 g/mol. The van der Waals surface area contributed by atoms with Crippen molar-refractivity contribution < 1.29 is 14.7 Å². The van der Waals surface area contributed by atoms with Gasteiger partial charge < -0.3 is 14.9 Å². The summed E-state index contributed by atoms with van der Waals surface area (Å²) in [5.74, 6) is 0.351. The second-order valence-corrected chi connectivity index (χ2v) is 5.99. The number of carbonyl (C=O) groups is 2. The van der Waals surface area contributed by atoms with Crippen LogP contribution in [0.5, 0.6) is 0 Å². The molecule has 0 saturated carbocycles. The lowest BCUT2D eigenvalue weighted by molar-refractivity contribution is -0.137. The van der Waals surface area contributed by atoms with Crippen LogP contribution in [-0.2, 0) is 4.79 Å². The second kappa shape index (κ2) is 6.26. The van der Waals surface area contributed by atoms with Gasteiger partial charge in [-0.15, -0.1) is 0 Å². The van der Waals surface area contributed by atoms with E-state index in [4.69, 9.17) is 5.11 Å². The molecule has 2 fully saturated rings. The lowest BCUT2D eigenvalue weighted by Gasteiger charge is -2.33. The van der Waals surface area contributed by atoms with E-state index in [2.05, 4.69) is 6.92 Å². The number of carboxylic acid groups (broad SMARTS) is 1. The summed E-state index contributed by atoms with van der Waals surface area (Å²) >= 11 is 0. The molecule has 2 aliphatic heterocycles. The number of amides is 2. The number of rotatable bonds is 3. The van der Waals surface area contributed by atoms with Crippen molar-refractivity contribution in [2.75, 3.05) is 26.2 Å². The summed E-state index contributed by atoms with van der Waals surface area (Å²) in [6.07, 6.45) is 4.05. The molecule has 0 radical (unpaired) electrons. The van der Waals surface area contributed by atoms with E-state index in [9.17, 15) is 9.59 Å². The Hall–Kier alpha value is -1.26. The summed E-state index contributed by atoms with van der Waals surface area (Å²) in [6, 6.07) is 0.157. The zero-order valence-electron chi connectivity index (χ0n) is 11.7. The molecule has 0 aromatic heterocycles. The molecule has 19 heavy (non-hydrogen) atoms. The van der Waals surface area contributed by atoms with E-state index in [1.165, 1.54) is 0 Å². The molecule has 1 N–H and O–H groups in total. The first kappa shape index (κ1) is 14.2. The number of likely N-dealkylation sites (tertiary alicyclic amines) is 2. The molecule has 2 rings (SSSR count). The Morgan fingerprint density at radius 1 is 1.11 bits per heavy atom. The Morgan fingerprint density at radius 3 is 2.37 bits per heavy atom. The van der Waals surface area contributed by atoms with Crippen molar-refractivity contribution in [2.45, 2.75) is 39.0 Å². The summed E-state index contributed by atoms with van der Waals surface area (Å²) < 4.78 is 0. The Balaban J connectivity index is 1.76. The number of carboxylic acids is 1. The third-order valence-electron chi connectivity index (χ3n) is 4.38. The van der Waals surface area contributed by atoms with Crippen molar-refractivity contribution >= 4 is 12.0 Å². The van der Waals surface area contributed by atoms with E-state index in [0.717, 1.165) is 51.4 Å². The summed E-state index contributed by atoms with van der Waals surface area (Å²) in [4.78, 5) is 26.8. The van der Waals surface area contributed by atoms with Crippen LogP contribution < -0.4 is 0 Å². The minimum Gasteiger partial charge on any atom is -0.481 e. The SMILES string of the molecule is CC1CCN(C(=O)N2CCC(CCC(=O)O)C2)CC1. The lowest BCUT2D eigenvalue weighted by Crippen LogP contribution is -2.45. The first-order valence-corrected chi connectivity index (χ1v) is 7.32. The number of piperidine rings is 1. The van der Waals surface area contributed by atoms with Crippen LogP contribution in [0.2, 0.25) is 0 Å². The van der Waals surface area contributed by atoms with Crippen LogP contribution in [0.25, 0.3) is 0 Å². The molecule has 0 aliphatic carbocycles. The number of aliphatic carboxylic acids is 1. The standard InChI is InChI=1S/C14H24N2O3/c1-11-4-7-15(8-5-11)14(19)16-9-6-12(10-16)2-3-13(17)18/h11-12H,2-10H2,1H3,(H,17,18). The van der Waals surface area contributed by atoms with E-state index in [1.807, 2.05) is 9.80 Å². The van der Waals surface area contributed by atoms with Crippen molar-refractivity contribution in [3.63, 3.8) is 0 Å². The predicted octanol–water partition coefficient (Wildman–Crippen LogP) is 2.03. The maximum atomic E-state index is 12.3. The Bertz CT molecular complexity index is 338. The van der Waals surface area contributed by atoms with Crippen LogP contribution >= 0.6 is 0 Å². The smallest absolute Gasteiger partial charge is 0.320 e. The van der Waals surface area contributed by atoms with E-state index < -0.39 is 5.97 Å². The Kier molecular flexibility index (Phi) is 4.66. The first-order valence-electron chi connectivity index (χ1n) is 7.32. The second-order valence-electron chi connectivity index (χ2n) is 5.99. The van der Waals surface area contributed by atoms with Gasteiger partial charge in [0.25, 0.3) is 0 Å². The van der Waals surface area contributed by atoms with Crippen LogP contribution in [-0.4, -0.2) is 53.1 Å². The summed E-state index contributed by atoms with van der Waals surface area (Å²) in [5, 5.41) is 8.69. The number of hydrogen-bond donors (Lipinski definition) is 1. The van der Waals surface area contributed by atoms with Crippen LogP contribution in [0.3, 0.4) is 0 Å². The molecule has 1 unspecified atom stereocenters. The summed E-state index contributed by atoms with van der Waals surface area (Å²) in [6.45, 7) is 5.50. The fourth-order valence-corrected chi connectivity index (χ4v) is 2.97. The maximum absolute atomic E-state index is 12.3. The minimum absolute atomic E-state index is 0.157. The van der Waals surface area contributed by atoms with Gasteiger partial charge in [0.2, 0.25) is 0 Å². The van der Waals surface area contributed by atoms with Crippen LogP contribution in [0.15, 0.2) is 0 Å². The van der Waals surface area contributed by atoms with Gasteiger partial charge >= 0.3 is 12.0 Å². The van der Waals surface area contributed by atoms with Gasteiger partial charge in [0.1, 0.15) is 0 Å². The highest BCUT2D eigenvalue weighted by atomic mass is 16.4. The molecular formula is C14H24N2O3. The monoisotopic (exact) mass is 268 g/mol. The van der Waals surface area contributed by atoms with Crippen molar-refractivity contribution in [3.8, 4) is 0 Å². The van der Waals surface area contributed by atoms with E-state index in [1.54, 1.807) is 0 Å². The summed E-state index contributed by atoms with van der Waals surface area (Å²) in [5.41, 5.74) is 0. The van der Waals surface area contributed by atoms with Gasteiger partial charge in [-0.1, -0.05) is 6.92 Å². The van der Waals surface area contributed by atoms with E-state index >= 15 is 0 Å². The van der Waals surface area contributed by atoms with Crippen LogP contribution in [0, 0.1) is 11.8 Å². The zero-order chi connectivity index (χ0) is 13.8. The zero-order valence-corrected chi connectivity index (χ0v) is 11.7. The largest absolute Gasteiger partial charge is 0.481 e. The van der Waals surface area contributed by atoms with Gasteiger partial charge in [0, 0.05) is 32.6 Å². The highest BCUT2D eigenvalue weighted by Gasteiger charge is 2.30. The topological polar surface area (TPSA) is 60.9 Å². The molecule has 0 spiro atoms. The number of nitrogens with zero attached hydrogens (tertiary/aromatic N) is 2. The molecule has 2 aliphatic rings. The quantitative estimate of drug-likeness (QED) is 0.852.